The van der Waals surface area contributed by atoms with Crippen LogP contribution in [0.1, 0.15) is 37.9 Å². The Morgan fingerprint density at radius 2 is 1.96 bits per heavy atom. The van der Waals surface area contributed by atoms with Crippen molar-refractivity contribution in [3.8, 4) is 11.5 Å². The minimum absolute atomic E-state index is 0.226. The van der Waals surface area contributed by atoms with Crippen LogP contribution in [0.25, 0.3) is 0 Å². The highest BCUT2D eigenvalue weighted by Crippen LogP contribution is 2.34. The quantitative estimate of drug-likeness (QED) is 0.669. The first-order valence-electron chi connectivity index (χ1n) is 8.69. The van der Waals surface area contributed by atoms with E-state index in [2.05, 4.69) is 43.5 Å². The third kappa shape index (κ3) is 3.92. The lowest BCUT2D eigenvalue weighted by molar-refractivity contribution is -0.933. The second-order valence-corrected chi connectivity index (χ2v) is 6.60. The molecule has 2 rings (SSSR count). The molecular formula is C18H30N3O2S+. The van der Waals surface area contributed by atoms with Crippen LogP contribution in [0.2, 0.25) is 0 Å². The summed E-state index contributed by atoms with van der Waals surface area (Å²) < 4.78 is 11.0. The number of hydrogen-bond acceptors (Lipinski definition) is 3. The van der Waals surface area contributed by atoms with Gasteiger partial charge >= 0.3 is 0 Å². The molecule has 1 aliphatic rings. The normalized spacial score (nSPS) is 20.7. The van der Waals surface area contributed by atoms with Gasteiger partial charge in [0.1, 0.15) is 6.04 Å². The molecule has 0 aromatic heterocycles. The van der Waals surface area contributed by atoms with Crippen LogP contribution in [-0.4, -0.2) is 45.0 Å². The van der Waals surface area contributed by atoms with Gasteiger partial charge in [0.15, 0.2) is 16.6 Å². The van der Waals surface area contributed by atoms with Crippen LogP contribution in [0.3, 0.4) is 0 Å². The van der Waals surface area contributed by atoms with Gasteiger partial charge in [-0.1, -0.05) is 0 Å². The predicted molar refractivity (Wildman–Crippen MR) is 101 cm³/mol. The predicted octanol–water partition coefficient (Wildman–Crippen LogP) is 1.08. The zero-order valence-electron chi connectivity index (χ0n) is 15.4. The molecule has 0 saturated carbocycles. The Morgan fingerprint density at radius 3 is 2.54 bits per heavy atom. The van der Waals surface area contributed by atoms with E-state index in [4.69, 9.17) is 21.7 Å². The van der Waals surface area contributed by atoms with Crippen LogP contribution < -0.4 is 25.0 Å². The SMILES string of the molecule is CCNC(=S)N[C@H](C)[C@@H]1c2cc(OC)c(OC)cc2CC[NH+]1CC. The first kappa shape index (κ1) is 18.8. The molecule has 0 fully saturated rings. The van der Waals surface area contributed by atoms with Gasteiger partial charge in [-0.15, -0.1) is 0 Å². The molecule has 1 aromatic carbocycles. The number of fused-ring (bicyclic) bond motifs is 1. The molecule has 1 unspecified atom stereocenters. The third-order valence-electron chi connectivity index (χ3n) is 4.79. The lowest BCUT2D eigenvalue weighted by Gasteiger charge is -2.38. The fourth-order valence-corrected chi connectivity index (χ4v) is 3.96. The zero-order valence-corrected chi connectivity index (χ0v) is 16.2. The Bertz CT molecular complexity index is 580. The van der Waals surface area contributed by atoms with E-state index in [1.54, 1.807) is 19.1 Å². The van der Waals surface area contributed by atoms with Gasteiger partial charge in [-0.3, -0.25) is 0 Å². The van der Waals surface area contributed by atoms with Crippen molar-refractivity contribution in [1.82, 2.24) is 10.6 Å². The van der Waals surface area contributed by atoms with Crippen molar-refractivity contribution < 1.29 is 14.4 Å². The van der Waals surface area contributed by atoms with Crippen molar-refractivity contribution in [3.63, 3.8) is 0 Å². The Morgan fingerprint density at radius 1 is 1.29 bits per heavy atom. The smallest absolute Gasteiger partial charge is 0.166 e. The number of nitrogens with one attached hydrogen (secondary N) is 3. The second kappa shape index (κ2) is 8.53. The van der Waals surface area contributed by atoms with E-state index in [1.165, 1.54) is 11.1 Å². The molecule has 0 radical (unpaired) electrons. The van der Waals surface area contributed by atoms with Crippen molar-refractivity contribution in [2.24, 2.45) is 0 Å². The van der Waals surface area contributed by atoms with Gasteiger partial charge in [-0.2, -0.15) is 0 Å². The first-order valence-corrected chi connectivity index (χ1v) is 9.10. The van der Waals surface area contributed by atoms with Crippen molar-refractivity contribution in [3.05, 3.63) is 23.3 Å². The summed E-state index contributed by atoms with van der Waals surface area (Å²) in [6, 6.07) is 4.82. The molecule has 24 heavy (non-hydrogen) atoms. The van der Waals surface area contributed by atoms with Gasteiger partial charge in [-0.05, 0) is 50.7 Å². The van der Waals surface area contributed by atoms with Crippen LogP contribution in [0.5, 0.6) is 11.5 Å². The lowest BCUT2D eigenvalue weighted by atomic mass is 9.88. The number of benzene rings is 1. The summed E-state index contributed by atoms with van der Waals surface area (Å²) in [6.07, 6.45) is 1.06. The number of ether oxygens (including phenoxy) is 2. The monoisotopic (exact) mass is 352 g/mol. The standard InChI is InChI=1S/C18H29N3O2S/c1-6-19-18(24)20-12(3)17-14-11-16(23-5)15(22-4)10-13(14)8-9-21(17)7-2/h10-12,17H,6-9H2,1-5H3,(H2,19,20,24)/p+1/t12-,17-/m1/s1. The summed E-state index contributed by atoms with van der Waals surface area (Å²) in [6.45, 7) is 9.52. The molecule has 6 heteroatoms. The summed E-state index contributed by atoms with van der Waals surface area (Å²) in [7, 11) is 3.38. The minimum atomic E-state index is 0.226. The van der Waals surface area contributed by atoms with Gasteiger partial charge in [0.2, 0.25) is 0 Å². The van der Waals surface area contributed by atoms with Crippen LogP contribution >= 0.6 is 12.2 Å². The number of rotatable bonds is 6. The fourth-order valence-electron chi connectivity index (χ4n) is 3.63. The summed E-state index contributed by atoms with van der Waals surface area (Å²) in [5, 5.41) is 7.34. The Kier molecular flexibility index (Phi) is 6.69. The topological polar surface area (TPSA) is 47.0 Å². The van der Waals surface area contributed by atoms with Crippen LogP contribution in [0.4, 0.5) is 0 Å². The van der Waals surface area contributed by atoms with Crippen LogP contribution in [0, 0.1) is 0 Å². The van der Waals surface area contributed by atoms with Gasteiger partial charge in [0.25, 0.3) is 0 Å². The molecule has 134 valence electrons. The molecular weight excluding hydrogens is 322 g/mol. The number of quaternary nitrogens is 1. The largest absolute Gasteiger partial charge is 0.493 e. The number of thiocarbonyl (C=S) groups is 1. The van der Waals surface area contributed by atoms with E-state index < -0.39 is 0 Å². The van der Waals surface area contributed by atoms with E-state index in [0.717, 1.165) is 37.6 Å². The maximum Gasteiger partial charge on any atom is 0.166 e. The van der Waals surface area contributed by atoms with Crippen molar-refractivity contribution in [2.75, 3.05) is 33.9 Å². The maximum absolute atomic E-state index is 5.53. The highest BCUT2D eigenvalue weighted by atomic mass is 32.1. The fraction of sp³-hybridized carbons (Fsp3) is 0.611. The maximum atomic E-state index is 5.53. The molecule has 0 amide bonds. The van der Waals surface area contributed by atoms with E-state index in [9.17, 15) is 0 Å². The average Bonchev–Trinajstić information content (AvgIpc) is 2.59. The molecule has 1 aromatic rings. The molecule has 1 heterocycles. The highest BCUT2D eigenvalue weighted by Gasteiger charge is 2.35. The highest BCUT2D eigenvalue weighted by molar-refractivity contribution is 7.80. The summed E-state index contributed by atoms with van der Waals surface area (Å²) >= 11 is 5.38. The molecule has 5 nitrogen and oxygen atoms in total. The van der Waals surface area contributed by atoms with E-state index >= 15 is 0 Å². The molecule has 3 N–H and O–H groups in total. The Labute approximate surface area is 150 Å². The van der Waals surface area contributed by atoms with Crippen LogP contribution in [-0.2, 0) is 6.42 Å². The molecule has 0 spiro atoms. The number of methoxy groups -OCH3 is 2. The van der Waals surface area contributed by atoms with Gasteiger partial charge in [0, 0.05) is 18.5 Å². The number of hydrogen-bond donors (Lipinski definition) is 3. The van der Waals surface area contributed by atoms with Crippen molar-refractivity contribution in [1.29, 1.82) is 0 Å². The second-order valence-electron chi connectivity index (χ2n) is 6.19. The van der Waals surface area contributed by atoms with E-state index in [-0.39, 0.29) is 6.04 Å². The van der Waals surface area contributed by atoms with E-state index in [0.29, 0.717) is 11.2 Å². The summed E-state index contributed by atoms with van der Waals surface area (Å²) in [4.78, 5) is 1.56. The first-order chi connectivity index (χ1) is 11.5. The number of likely N-dealkylation sites (N-methyl/N-ethyl adjacent to an activating group) is 1. The molecule has 0 aliphatic carbocycles. The van der Waals surface area contributed by atoms with Gasteiger partial charge in [0.05, 0.1) is 33.4 Å². The minimum Gasteiger partial charge on any atom is -0.493 e. The Balaban J connectivity index is 2.37. The summed E-state index contributed by atoms with van der Waals surface area (Å²) in [5.74, 6) is 1.60. The average molecular weight is 353 g/mol. The van der Waals surface area contributed by atoms with E-state index in [1.807, 2.05) is 0 Å². The van der Waals surface area contributed by atoms with Crippen molar-refractivity contribution >= 4 is 17.3 Å². The molecule has 1 aliphatic heterocycles. The molecule has 0 saturated heterocycles. The van der Waals surface area contributed by atoms with Crippen molar-refractivity contribution in [2.45, 2.75) is 39.3 Å². The van der Waals surface area contributed by atoms with Gasteiger partial charge < -0.3 is 25.0 Å². The summed E-state index contributed by atoms with van der Waals surface area (Å²) in [5.41, 5.74) is 2.67. The van der Waals surface area contributed by atoms with Crippen LogP contribution in [0.15, 0.2) is 12.1 Å². The van der Waals surface area contributed by atoms with Gasteiger partial charge in [-0.25, -0.2) is 0 Å². The third-order valence-corrected chi connectivity index (χ3v) is 5.05. The molecule has 0 bridgehead atoms. The lowest BCUT2D eigenvalue weighted by Crippen LogP contribution is -3.14. The Hall–Kier alpha value is -1.53. The molecule has 3 atom stereocenters. The zero-order chi connectivity index (χ0) is 17.7.